The number of anilines is 1. The van der Waals surface area contributed by atoms with Crippen LogP contribution in [-0.2, 0) is 0 Å². The first-order valence-electron chi connectivity index (χ1n) is 5.68. The van der Waals surface area contributed by atoms with Crippen LogP contribution in [0.1, 0.15) is 20.3 Å². The van der Waals surface area contributed by atoms with Crippen molar-refractivity contribution in [3.63, 3.8) is 0 Å². The summed E-state index contributed by atoms with van der Waals surface area (Å²) >= 11 is 0. The van der Waals surface area contributed by atoms with Crippen molar-refractivity contribution in [3.05, 3.63) is 41.7 Å². The molecule has 95 valence electrons. The largest absolute Gasteiger partial charge is 0.352 e. The van der Waals surface area contributed by atoms with Crippen molar-refractivity contribution < 1.29 is 13.6 Å². The lowest BCUT2D eigenvalue weighted by molar-refractivity contribution is 0.251. The van der Waals surface area contributed by atoms with Crippen LogP contribution in [0.15, 0.2) is 30.1 Å². The average molecular weight is 251 g/mol. The first-order chi connectivity index (χ1) is 8.47. The number of rotatable bonds is 3. The summed E-state index contributed by atoms with van der Waals surface area (Å²) < 4.78 is 26.4. The van der Waals surface area contributed by atoms with Crippen LogP contribution in [0.25, 0.3) is 0 Å². The van der Waals surface area contributed by atoms with Gasteiger partial charge in [0.05, 0.1) is 11.4 Å². The number of allylic oxidation sites excluding steroid dienone is 1. The predicted molar refractivity (Wildman–Crippen MR) is 63.9 cm³/mol. The SMILES string of the molecule is CC(C)CC1=CN(c2ccc(F)cc2F)C(=O)[N]1. The lowest BCUT2D eigenvalue weighted by Crippen LogP contribution is -2.24. The fourth-order valence-corrected chi connectivity index (χ4v) is 1.78. The molecule has 0 atom stereocenters. The van der Waals surface area contributed by atoms with Crippen molar-refractivity contribution in [3.8, 4) is 0 Å². The highest BCUT2D eigenvalue weighted by molar-refractivity contribution is 5.97. The van der Waals surface area contributed by atoms with E-state index in [1.54, 1.807) is 0 Å². The van der Waals surface area contributed by atoms with Gasteiger partial charge in [-0.05, 0) is 24.5 Å². The Labute approximate surface area is 104 Å². The normalized spacial score (nSPS) is 15.1. The molecular weight excluding hydrogens is 238 g/mol. The molecule has 0 spiro atoms. The molecule has 5 heteroatoms. The molecule has 2 amide bonds. The number of urea groups is 1. The molecule has 0 aromatic heterocycles. The molecule has 0 fully saturated rings. The molecule has 0 N–H and O–H groups in total. The summed E-state index contributed by atoms with van der Waals surface area (Å²) in [6.07, 6.45) is 2.14. The first-order valence-corrected chi connectivity index (χ1v) is 5.68. The van der Waals surface area contributed by atoms with Gasteiger partial charge in [0.25, 0.3) is 0 Å². The Morgan fingerprint density at radius 3 is 2.67 bits per heavy atom. The van der Waals surface area contributed by atoms with Gasteiger partial charge in [0.15, 0.2) is 0 Å². The molecule has 1 aliphatic rings. The Morgan fingerprint density at radius 1 is 1.33 bits per heavy atom. The number of carbonyl (C=O) groups is 1. The maximum absolute atomic E-state index is 13.6. The lowest BCUT2D eigenvalue weighted by Gasteiger charge is -2.12. The van der Waals surface area contributed by atoms with Crippen LogP contribution in [-0.4, -0.2) is 6.03 Å². The van der Waals surface area contributed by atoms with E-state index in [9.17, 15) is 13.6 Å². The van der Waals surface area contributed by atoms with Gasteiger partial charge in [0, 0.05) is 12.3 Å². The molecule has 0 saturated heterocycles. The zero-order valence-corrected chi connectivity index (χ0v) is 10.2. The minimum Gasteiger partial charge on any atom is -0.263 e. The van der Waals surface area contributed by atoms with E-state index < -0.39 is 17.7 Å². The third-order valence-corrected chi connectivity index (χ3v) is 2.51. The van der Waals surface area contributed by atoms with Gasteiger partial charge >= 0.3 is 6.03 Å². The van der Waals surface area contributed by atoms with Gasteiger partial charge < -0.3 is 0 Å². The van der Waals surface area contributed by atoms with Gasteiger partial charge in [-0.25, -0.2) is 13.6 Å². The second kappa shape index (κ2) is 4.76. The lowest BCUT2D eigenvalue weighted by atomic mass is 10.1. The van der Waals surface area contributed by atoms with Crippen LogP contribution in [0.5, 0.6) is 0 Å². The molecule has 18 heavy (non-hydrogen) atoms. The summed E-state index contributed by atoms with van der Waals surface area (Å²) in [5.74, 6) is -1.10. The molecule has 0 unspecified atom stereocenters. The Morgan fingerprint density at radius 2 is 2.06 bits per heavy atom. The summed E-state index contributed by atoms with van der Waals surface area (Å²) in [7, 11) is 0. The fourth-order valence-electron chi connectivity index (χ4n) is 1.78. The Balaban J connectivity index is 2.27. The third kappa shape index (κ3) is 2.50. The van der Waals surface area contributed by atoms with Crippen LogP contribution in [0.2, 0.25) is 0 Å². The third-order valence-electron chi connectivity index (χ3n) is 2.51. The van der Waals surface area contributed by atoms with Gasteiger partial charge in [-0.2, -0.15) is 5.32 Å². The number of benzene rings is 1. The van der Waals surface area contributed by atoms with E-state index in [0.717, 1.165) is 17.0 Å². The second-order valence-electron chi connectivity index (χ2n) is 4.58. The van der Waals surface area contributed by atoms with Gasteiger partial charge in [-0.15, -0.1) is 0 Å². The van der Waals surface area contributed by atoms with Crippen LogP contribution in [0.3, 0.4) is 0 Å². The second-order valence-corrected chi connectivity index (χ2v) is 4.58. The fraction of sp³-hybridized carbons (Fsp3) is 0.308. The molecule has 1 radical (unpaired) electrons. The monoisotopic (exact) mass is 251 g/mol. The smallest absolute Gasteiger partial charge is 0.263 e. The molecular formula is C13H13F2N2O. The minimum absolute atomic E-state index is 0.0175. The summed E-state index contributed by atoms with van der Waals surface area (Å²) in [6, 6.07) is 2.54. The van der Waals surface area contributed by atoms with Crippen LogP contribution in [0, 0.1) is 17.6 Å². The van der Waals surface area contributed by atoms with E-state index in [1.807, 2.05) is 13.8 Å². The highest BCUT2D eigenvalue weighted by Gasteiger charge is 2.26. The molecule has 1 aliphatic heterocycles. The van der Waals surface area contributed by atoms with Gasteiger partial charge in [0.1, 0.15) is 11.6 Å². The molecule has 2 rings (SSSR count). The van der Waals surface area contributed by atoms with Crippen molar-refractivity contribution in [2.24, 2.45) is 5.92 Å². The van der Waals surface area contributed by atoms with E-state index in [0.29, 0.717) is 18.0 Å². The predicted octanol–water partition coefficient (Wildman–Crippen LogP) is 3.40. The van der Waals surface area contributed by atoms with Crippen molar-refractivity contribution in [1.29, 1.82) is 0 Å². The number of halogens is 2. The number of carbonyl (C=O) groups excluding carboxylic acids is 1. The molecule has 1 aromatic carbocycles. The molecule has 0 bridgehead atoms. The average Bonchev–Trinajstić information content (AvgIpc) is 2.58. The molecule has 3 nitrogen and oxygen atoms in total. The number of amides is 2. The maximum Gasteiger partial charge on any atom is 0.352 e. The number of hydrogen-bond acceptors (Lipinski definition) is 1. The zero-order chi connectivity index (χ0) is 13.3. The summed E-state index contributed by atoms with van der Waals surface area (Å²) in [4.78, 5) is 12.8. The van der Waals surface area contributed by atoms with Gasteiger partial charge in [-0.3, -0.25) is 4.90 Å². The topological polar surface area (TPSA) is 34.4 Å². The van der Waals surface area contributed by atoms with E-state index in [1.165, 1.54) is 12.3 Å². The molecule has 0 saturated carbocycles. The Bertz CT molecular complexity index is 512. The van der Waals surface area contributed by atoms with Crippen molar-refractivity contribution in [2.75, 3.05) is 4.90 Å². The first kappa shape index (κ1) is 12.5. The number of nitrogens with zero attached hydrogens (tertiary/aromatic N) is 2. The summed E-state index contributed by atoms with van der Waals surface area (Å²) in [5.41, 5.74) is 0.627. The Kier molecular flexibility index (Phi) is 3.32. The summed E-state index contributed by atoms with van der Waals surface area (Å²) in [6.45, 7) is 4.00. The van der Waals surface area contributed by atoms with Gasteiger partial charge in [-0.1, -0.05) is 13.8 Å². The van der Waals surface area contributed by atoms with Crippen LogP contribution in [0.4, 0.5) is 19.3 Å². The molecule has 1 heterocycles. The molecule has 1 aromatic rings. The van der Waals surface area contributed by atoms with Crippen molar-refractivity contribution >= 4 is 11.7 Å². The highest BCUT2D eigenvalue weighted by atomic mass is 19.1. The Hall–Kier alpha value is -1.91. The molecule has 0 aliphatic carbocycles. The minimum atomic E-state index is -0.777. The van der Waals surface area contributed by atoms with Crippen LogP contribution < -0.4 is 10.2 Å². The maximum atomic E-state index is 13.6. The number of hydrogen-bond donors (Lipinski definition) is 0. The van der Waals surface area contributed by atoms with E-state index in [4.69, 9.17) is 0 Å². The summed E-state index contributed by atoms with van der Waals surface area (Å²) in [5, 5.41) is 3.84. The van der Waals surface area contributed by atoms with E-state index in [2.05, 4.69) is 5.32 Å². The van der Waals surface area contributed by atoms with Crippen molar-refractivity contribution in [2.45, 2.75) is 20.3 Å². The zero-order valence-electron chi connectivity index (χ0n) is 10.2. The van der Waals surface area contributed by atoms with E-state index >= 15 is 0 Å². The van der Waals surface area contributed by atoms with Crippen molar-refractivity contribution in [1.82, 2.24) is 5.32 Å². The standard InChI is InChI=1S/C13H13F2N2O/c1-8(2)5-10-7-17(13(18)16-10)12-4-3-9(14)6-11(12)15/h3-4,6-8H,5H2,1-2H3. The van der Waals surface area contributed by atoms with Crippen LogP contribution >= 0.6 is 0 Å². The highest BCUT2D eigenvalue weighted by Crippen LogP contribution is 2.26. The van der Waals surface area contributed by atoms with Gasteiger partial charge in [0.2, 0.25) is 0 Å². The van der Waals surface area contributed by atoms with E-state index in [-0.39, 0.29) is 5.69 Å². The quantitative estimate of drug-likeness (QED) is 0.810.